The summed E-state index contributed by atoms with van der Waals surface area (Å²) in [6, 6.07) is 1.96. The molecule has 5 nitrogen and oxygen atoms in total. The number of amides is 1. The molecule has 1 amide bonds. The molecule has 1 aromatic rings. The Labute approximate surface area is 132 Å². The maximum Gasteiger partial charge on any atom is 0.261 e. The van der Waals surface area contributed by atoms with Gasteiger partial charge in [-0.05, 0) is 51.2 Å². The van der Waals surface area contributed by atoms with Crippen LogP contribution >= 0.6 is 0 Å². The van der Waals surface area contributed by atoms with Crippen molar-refractivity contribution in [1.29, 1.82) is 0 Å². The van der Waals surface area contributed by atoms with Gasteiger partial charge in [0.1, 0.15) is 6.54 Å². The van der Waals surface area contributed by atoms with E-state index in [1.165, 1.54) is 24.8 Å². The van der Waals surface area contributed by atoms with Crippen molar-refractivity contribution in [2.24, 2.45) is 5.10 Å². The summed E-state index contributed by atoms with van der Waals surface area (Å²) < 4.78 is 1.71. The van der Waals surface area contributed by atoms with E-state index in [0.717, 1.165) is 36.4 Å². The lowest BCUT2D eigenvalue weighted by Crippen LogP contribution is -2.25. The van der Waals surface area contributed by atoms with Crippen molar-refractivity contribution >= 4 is 11.6 Å². The second-order valence-electron chi connectivity index (χ2n) is 5.90. The summed E-state index contributed by atoms with van der Waals surface area (Å²) in [4.78, 5) is 12.0. The van der Waals surface area contributed by atoms with E-state index in [1.807, 2.05) is 19.9 Å². The number of aromatic nitrogens is 2. The van der Waals surface area contributed by atoms with Gasteiger partial charge in [0.25, 0.3) is 5.91 Å². The molecule has 0 radical (unpaired) electrons. The van der Waals surface area contributed by atoms with E-state index in [0.29, 0.717) is 0 Å². The van der Waals surface area contributed by atoms with Gasteiger partial charge in [0, 0.05) is 5.69 Å². The summed E-state index contributed by atoms with van der Waals surface area (Å²) in [6.45, 7) is 6.29. The fourth-order valence-electron chi connectivity index (χ4n) is 2.74. The minimum atomic E-state index is -0.126. The van der Waals surface area contributed by atoms with Gasteiger partial charge in [0.15, 0.2) is 0 Å². The van der Waals surface area contributed by atoms with Crippen molar-refractivity contribution in [3.05, 3.63) is 29.1 Å². The van der Waals surface area contributed by atoms with E-state index >= 15 is 0 Å². The third kappa shape index (κ3) is 4.55. The average Bonchev–Trinajstić information content (AvgIpc) is 3.04. The number of aryl methyl sites for hydroxylation is 2. The SMILES string of the molecule is CCCCCC1=CCC/C1=N/NC(=O)Cn1nc(C)cc1C. The van der Waals surface area contributed by atoms with Crippen LogP contribution in [0.2, 0.25) is 0 Å². The number of unbranched alkanes of at least 4 members (excludes halogenated alkanes) is 2. The second kappa shape index (κ2) is 7.92. The molecule has 0 fully saturated rings. The number of hydrogen-bond donors (Lipinski definition) is 1. The predicted octanol–water partition coefficient (Wildman–Crippen LogP) is 3.27. The molecule has 0 bridgehead atoms. The molecule has 0 saturated carbocycles. The van der Waals surface area contributed by atoms with Crippen LogP contribution in [-0.4, -0.2) is 21.4 Å². The first-order valence-corrected chi connectivity index (χ1v) is 8.16. The molecule has 1 heterocycles. The zero-order valence-electron chi connectivity index (χ0n) is 13.9. The quantitative estimate of drug-likeness (QED) is 0.620. The van der Waals surface area contributed by atoms with E-state index in [4.69, 9.17) is 0 Å². The predicted molar refractivity (Wildman–Crippen MR) is 88.7 cm³/mol. The van der Waals surface area contributed by atoms with E-state index < -0.39 is 0 Å². The summed E-state index contributed by atoms with van der Waals surface area (Å²) in [5.41, 5.74) is 6.93. The van der Waals surface area contributed by atoms with Crippen LogP contribution in [0.15, 0.2) is 22.8 Å². The molecule has 0 atom stereocenters. The molecule has 1 aliphatic carbocycles. The lowest BCUT2D eigenvalue weighted by atomic mass is 10.1. The lowest BCUT2D eigenvalue weighted by Gasteiger charge is -2.06. The molecule has 0 aliphatic heterocycles. The number of carbonyl (C=O) groups excluding carboxylic acids is 1. The van der Waals surface area contributed by atoms with E-state index in [-0.39, 0.29) is 12.5 Å². The third-order valence-electron chi connectivity index (χ3n) is 3.90. The van der Waals surface area contributed by atoms with Crippen molar-refractivity contribution < 1.29 is 4.79 Å². The zero-order valence-corrected chi connectivity index (χ0v) is 13.9. The van der Waals surface area contributed by atoms with Crippen LogP contribution in [0.4, 0.5) is 0 Å². The zero-order chi connectivity index (χ0) is 15.9. The number of hydrazone groups is 1. The minimum Gasteiger partial charge on any atom is -0.271 e. The van der Waals surface area contributed by atoms with Crippen molar-refractivity contribution in [1.82, 2.24) is 15.2 Å². The number of carbonyl (C=O) groups is 1. The van der Waals surface area contributed by atoms with E-state index in [1.54, 1.807) is 4.68 Å². The largest absolute Gasteiger partial charge is 0.271 e. The molecule has 0 saturated heterocycles. The van der Waals surface area contributed by atoms with Crippen molar-refractivity contribution in [3.63, 3.8) is 0 Å². The molecule has 0 aromatic carbocycles. The first kappa shape index (κ1) is 16.5. The fraction of sp³-hybridized carbons (Fsp3) is 0.588. The maximum atomic E-state index is 12.0. The molecule has 0 spiro atoms. The standard InChI is InChI=1S/C17H26N4O/c1-4-5-6-8-15-9-7-10-16(15)18-19-17(22)12-21-14(3)11-13(2)20-21/h9,11H,4-8,10,12H2,1-3H3,(H,19,22)/b18-16-. The van der Waals surface area contributed by atoms with Crippen LogP contribution < -0.4 is 5.43 Å². The van der Waals surface area contributed by atoms with E-state index in [2.05, 4.69) is 28.6 Å². The summed E-state index contributed by atoms with van der Waals surface area (Å²) in [5.74, 6) is -0.126. The van der Waals surface area contributed by atoms with Crippen LogP contribution in [0.1, 0.15) is 56.8 Å². The third-order valence-corrected chi connectivity index (χ3v) is 3.90. The highest BCUT2D eigenvalue weighted by Crippen LogP contribution is 2.20. The van der Waals surface area contributed by atoms with Gasteiger partial charge in [0.2, 0.25) is 0 Å². The highest BCUT2D eigenvalue weighted by molar-refractivity contribution is 6.02. The Hall–Kier alpha value is -1.91. The van der Waals surface area contributed by atoms with E-state index in [9.17, 15) is 4.79 Å². The molecule has 2 rings (SSSR count). The highest BCUT2D eigenvalue weighted by Gasteiger charge is 2.14. The fourth-order valence-corrected chi connectivity index (χ4v) is 2.74. The molecule has 1 aromatic heterocycles. The van der Waals surface area contributed by atoms with Crippen molar-refractivity contribution in [2.45, 2.75) is 65.8 Å². The number of nitrogens with zero attached hydrogens (tertiary/aromatic N) is 3. The number of nitrogens with one attached hydrogen (secondary N) is 1. The summed E-state index contributed by atoms with van der Waals surface area (Å²) in [6.07, 6.45) is 8.95. The van der Waals surface area contributed by atoms with Gasteiger partial charge in [0.05, 0.1) is 11.4 Å². The molecule has 5 heteroatoms. The summed E-state index contributed by atoms with van der Waals surface area (Å²) in [5, 5.41) is 8.61. The monoisotopic (exact) mass is 302 g/mol. The molecule has 22 heavy (non-hydrogen) atoms. The Kier molecular flexibility index (Phi) is 5.92. The average molecular weight is 302 g/mol. The molecular formula is C17H26N4O. The first-order chi connectivity index (χ1) is 10.6. The Bertz CT molecular complexity index is 583. The molecular weight excluding hydrogens is 276 g/mol. The molecule has 1 N–H and O–H groups in total. The second-order valence-corrected chi connectivity index (χ2v) is 5.90. The minimum absolute atomic E-state index is 0.126. The topological polar surface area (TPSA) is 59.3 Å². The lowest BCUT2D eigenvalue weighted by molar-refractivity contribution is -0.121. The number of hydrogen-bond acceptors (Lipinski definition) is 3. The van der Waals surface area contributed by atoms with Gasteiger partial charge in [-0.2, -0.15) is 10.2 Å². The first-order valence-electron chi connectivity index (χ1n) is 8.16. The molecule has 0 unspecified atom stereocenters. The summed E-state index contributed by atoms with van der Waals surface area (Å²) in [7, 11) is 0. The van der Waals surface area contributed by atoms with Crippen LogP contribution in [0, 0.1) is 13.8 Å². The van der Waals surface area contributed by atoms with Crippen LogP contribution in [0.25, 0.3) is 0 Å². The van der Waals surface area contributed by atoms with Crippen LogP contribution in [0.5, 0.6) is 0 Å². The van der Waals surface area contributed by atoms with Gasteiger partial charge in [-0.3, -0.25) is 9.48 Å². The van der Waals surface area contributed by atoms with Gasteiger partial charge >= 0.3 is 0 Å². The van der Waals surface area contributed by atoms with Gasteiger partial charge in [-0.1, -0.05) is 25.8 Å². The number of allylic oxidation sites excluding steroid dienone is 2. The Morgan fingerprint density at radius 3 is 2.91 bits per heavy atom. The Balaban J connectivity index is 1.86. The maximum absolute atomic E-state index is 12.0. The van der Waals surface area contributed by atoms with Gasteiger partial charge < -0.3 is 0 Å². The molecule has 120 valence electrons. The smallest absolute Gasteiger partial charge is 0.261 e. The Morgan fingerprint density at radius 1 is 1.41 bits per heavy atom. The van der Waals surface area contributed by atoms with Crippen LogP contribution in [0.3, 0.4) is 0 Å². The summed E-state index contributed by atoms with van der Waals surface area (Å²) >= 11 is 0. The van der Waals surface area contributed by atoms with Crippen molar-refractivity contribution in [2.75, 3.05) is 0 Å². The Morgan fingerprint density at radius 2 is 2.23 bits per heavy atom. The molecule has 1 aliphatic rings. The van der Waals surface area contributed by atoms with Gasteiger partial charge in [-0.15, -0.1) is 0 Å². The van der Waals surface area contributed by atoms with Gasteiger partial charge in [-0.25, -0.2) is 5.43 Å². The number of rotatable bonds is 7. The normalized spacial score (nSPS) is 16.1. The highest BCUT2D eigenvalue weighted by atomic mass is 16.2. The van der Waals surface area contributed by atoms with Crippen LogP contribution in [-0.2, 0) is 11.3 Å². The van der Waals surface area contributed by atoms with Crippen molar-refractivity contribution in [3.8, 4) is 0 Å².